The molecule has 0 saturated heterocycles. The number of Topliss-reactive ketones (excluding diaryl/α,β-unsaturated/α-hetero) is 1. The maximum absolute atomic E-state index is 15.1. The summed E-state index contributed by atoms with van der Waals surface area (Å²) >= 11 is 0. The summed E-state index contributed by atoms with van der Waals surface area (Å²) in [5.41, 5.74) is 2.78. The summed E-state index contributed by atoms with van der Waals surface area (Å²) in [5, 5.41) is 0. The molecule has 0 fully saturated rings. The second-order valence-electron chi connectivity index (χ2n) is 9.39. The molecule has 1 unspecified atom stereocenters. The van der Waals surface area contributed by atoms with Crippen molar-refractivity contribution >= 4 is 17.5 Å². The molecule has 0 amide bonds. The summed E-state index contributed by atoms with van der Waals surface area (Å²) in [6.07, 6.45) is 1.07. The van der Waals surface area contributed by atoms with Crippen LogP contribution >= 0.6 is 0 Å². The number of allylic oxidation sites excluding steroid dienone is 2. The SMILES string of the molecule is CC[C@H](C)OC(=O)C1C(C)=NC2=C(C(=O)C[C@H](c3ccc(OC)c(OC)c3)C2)[C@H]1c1ccccc1F. The van der Waals surface area contributed by atoms with E-state index in [1.807, 2.05) is 32.0 Å². The van der Waals surface area contributed by atoms with Crippen molar-refractivity contribution in [1.82, 2.24) is 0 Å². The number of ketones is 1. The standard InChI is InChI=1S/C29H32FNO5/c1-6-16(2)36-29(33)26-17(3)31-22-13-19(18-11-12-24(34-4)25(15-18)35-5)14-23(32)28(22)27(26)20-9-7-8-10-21(20)30/h7-12,15-16,19,26-27H,6,13-14H2,1-5H3/t16-,19+,26?,27-/m0/s1. The van der Waals surface area contributed by atoms with E-state index in [-0.39, 0.29) is 24.2 Å². The van der Waals surface area contributed by atoms with Gasteiger partial charge in [-0.15, -0.1) is 0 Å². The second-order valence-corrected chi connectivity index (χ2v) is 9.39. The Morgan fingerprint density at radius 1 is 1.11 bits per heavy atom. The Hall–Kier alpha value is -3.48. The van der Waals surface area contributed by atoms with Crippen molar-refractivity contribution in [3.05, 3.63) is 70.7 Å². The number of carbonyl (C=O) groups excluding carboxylic acids is 2. The van der Waals surface area contributed by atoms with Gasteiger partial charge in [0.1, 0.15) is 11.7 Å². The Morgan fingerprint density at radius 3 is 2.50 bits per heavy atom. The van der Waals surface area contributed by atoms with Crippen molar-refractivity contribution < 1.29 is 28.2 Å². The van der Waals surface area contributed by atoms with Gasteiger partial charge in [-0.2, -0.15) is 0 Å². The number of nitrogens with zero attached hydrogens (tertiary/aromatic N) is 1. The molecule has 7 heteroatoms. The number of benzene rings is 2. The molecular weight excluding hydrogens is 461 g/mol. The molecule has 0 N–H and O–H groups in total. The van der Waals surface area contributed by atoms with Gasteiger partial charge >= 0.3 is 5.97 Å². The van der Waals surface area contributed by atoms with Gasteiger partial charge in [-0.05, 0) is 61.9 Å². The van der Waals surface area contributed by atoms with E-state index in [1.54, 1.807) is 39.3 Å². The first kappa shape index (κ1) is 25.6. The fourth-order valence-corrected chi connectivity index (χ4v) is 5.13. The smallest absolute Gasteiger partial charge is 0.315 e. The van der Waals surface area contributed by atoms with E-state index in [1.165, 1.54) is 6.07 Å². The summed E-state index contributed by atoms with van der Waals surface area (Å²) in [5.74, 6) is -1.66. The van der Waals surface area contributed by atoms with Crippen molar-refractivity contribution in [2.45, 2.75) is 58.0 Å². The largest absolute Gasteiger partial charge is 0.493 e. The fraction of sp³-hybridized carbons (Fsp3) is 0.414. The lowest BCUT2D eigenvalue weighted by molar-refractivity contribution is -0.151. The first-order valence-corrected chi connectivity index (χ1v) is 12.3. The highest BCUT2D eigenvalue weighted by atomic mass is 19.1. The van der Waals surface area contributed by atoms with Crippen molar-refractivity contribution in [2.24, 2.45) is 10.9 Å². The topological polar surface area (TPSA) is 74.2 Å². The molecule has 0 spiro atoms. The number of hydrogen-bond acceptors (Lipinski definition) is 6. The average Bonchev–Trinajstić information content (AvgIpc) is 2.87. The van der Waals surface area contributed by atoms with Crippen molar-refractivity contribution in [1.29, 1.82) is 0 Å². The molecule has 1 aliphatic carbocycles. The summed E-state index contributed by atoms with van der Waals surface area (Å²) in [6, 6.07) is 11.9. The van der Waals surface area contributed by atoms with Gasteiger partial charge in [0.05, 0.1) is 20.3 Å². The van der Waals surface area contributed by atoms with Gasteiger partial charge in [0.25, 0.3) is 0 Å². The van der Waals surface area contributed by atoms with Crippen molar-refractivity contribution in [2.75, 3.05) is 14.2 Å². The minimum Gasteiger partial charge on any atom is -0.493 e. The first-order chi connectivity index (χ1) is 17.3. The molecule has 0 radical (unpaired) electrons. The summed E-state index contributed by atoms with van der Waals surface area (Å²) in [4.78, 5) is 31.7. The lowest BCUT2D eigenvalue weighted by Crippen LogP contribution is -2.39. The molecule has 2 aromatic carbocycles. The van der Waals surface area contributed by atoms with Crippen LogP contribution in [0.1, 0.15) is 63.0 Å². The van der Waals surface area contributed by atoms with Crippen LogP contribution in [-0.2, 0) is 14.3 Å². The van der Waals surface area contributed by atoms with Crippen LogP contribution in [0.2, 0.25) is 0 Å². The Morgan fingerprint density at radius 2 is 1.83 bits per heavy atom. The van der Waals surface area contributed by atoms with Crippen LogP contribution in [0, 0.1) is 11.7 Å². The molecule has 1 aliphatic heterocycles. The third-order valence-electron chi connectivity index (χ3n) is 7.15. The van der Waals surface area contributed by atoms with Gasteiger partial charge < -0.3 is 14.2 Å². The zero-order valence-electron chi connectivity index (χ0n) is 21.3. The second kappa shape index (κ2) is 10.6. The molecule has 0 saturated carbocycles. The van der Waals surface area contributed by atoms with Gasteiger partial charge in [0.2, 0.25) is 0 Å². The number of esters is 1. The Balaban J connectivity index is 1.78. The monoisotopic (exact) mass is 493 g/mol. The van der Waals surface area contributed by atoms with Crippen LogP contribution < -0.4 is 9.47 Å². The first-order valence-electron chi connectivity index (χ1n) is 12.3. The van der Waals surface area contributed by atoms with E-state index in [9.17, 15) is 9.59 Å². The molecule has 2 aromatic rings. The predicted octanol–water partition coefficient (Wildman–Crippen LogP) is 5.76. The van der Waals surface area contributed by atoms with Gasteiger partial charge in [0.15, 0.2) is 17.3 Å². The number of hydrogen-bond donors (Lipinski definition) is 0. The van der Waals surface area contributed by atoms with E-state index in [2.05, 4.69) is 0 Å². The summed E-state index contributed by atoms with van der Waals surface area (Å²) < 4.78 is 31.5. The van der Waals surface area contributed by atoms with Gasteiger partial charge in [0, 0.05) is 29.3 Å². The lowest BCUT2D eigenvalue weighted by Gasteiger charge is -2.37. The number of rotatable bonds is 7. The Labute approximate surface area is 211 Å². The quantitative estimate of drug-likeness (QED) is 0.459. The normalized spacial score (nSPS) is 22.4. The molecule has 6 nitrogen and oxygen atoms in total. The van der Waals surface area contributed by atoms with Crippen molar-refractivity contribution in [3.63, 3.8) is 0 Å². The maximum Gasteiger partial charge on any atom is 0.315 e. The zero-order valence-corrected chi connectivity index (χ0v) is 21.3. The van der Waals surface area contributed by atoms with Crippen LogP contribution in [-0.4, -0.2) is 37.8 Å². The molecule has 4 atom stereocenters. The molecule has 36 heavy (non-hydrogen) atoms. The van der Waals surface area contributed by atoms with Crippen LogP contribution in [0.15, 0.2) is 58.7 Å². The zero-order chi connectivity index (χ0) is 26.0. The third kappa shape index (κ3) is 4.79. The summed E-state index contributed by atoms with van der Waals surface area (Å²) in [6.45, 7) is 5.49. The van der Waals surface area contributed by atoms with Gasteiger partial charge in [-0.3, -0.25) is 14.6 Å². The average molecular weight is 494 g/mol. The number of methoxy groups -OCH3 is 2. The highest BCUT2D eigenvalue weighted by Crippen LogP contribution is 2.48. The highest BCUT2D eigenvalue weighted by molar-refractivity contribution is 6.09. The maximum atomic E-state index is 15.1. The Kier molecular flexibility index (Phi) is 7.57. The summed E-state index contributed by atoms with van der Waals surface area (Å²) in [7, 11) is 3.14. The number of ether oxygens (including phenoxy) is 3. The predicted molar refractivity (Wildman–Crippen MR) is 135 cm³/mol. The van der Waals surface area contributed by atoms with Gasteiger partial charge in [-0.1, -0.05) is 31.2 Å². The van der Waals surface area contributed by atoms with Gasteiger partial charge in [-0.25, -0.2) is 4.39 Å². The minimum atomic E-state index is -0.865. The molecule has 0 aromatic heterocycles. The van der Waals surface area contributed by atoms with Crippen LogP contribution in [0.4, 0.5) is 4.39 Å². The van der Waals surface area contributed by atoms with E-state index in [0.717, 1.165) is 5.56 Å². The molecule has 4 rings (SSSR count). The van der Waals surface area contributed by atoms with Crippen molar-refractivity contribution in [3.8, 4) is 11.5 Å². The highest BCUT2D eigenvalue weighted by Gasteiger charge is 2.45. The molecule has 0 bridgehead atoms. The number of aliphatic imine (C=N–C) groups is 1. The lowest BCUT2D eigenvalue weighted by atomic mass is 9.69. The minimum absolute atomic E-state index is 0.127. The molecule has 190 valence electrons. The third-order valence-corrected chi connectivity index (χ3v) is 7.15. The van der Waals surface area contributed by atoms with Crippen LogP contribution in [0.25, 0.3) is 0 Å². The van der Waals surface area contributed by atoms with Crippen LogP contribution in [0.5, 0.6) is 11.5 Å². The fourth-order valence-electron chi connectivity index (χ4n) is 5.13. The molecule has 1 heterocycles. The molecular formula is C29H32FNO5. The van der Waals surface area contributed by atoms with E-state index >= 15 is 4.39 Å². The number of halogens is 1. The van der Waals surface area contributed by atoms with E-state index in [4.69, 9.17) is 19.2 Å². The molecule has 2 aliphatic rings. The van der Waals surface area contributed by atoms with E-state index in [0.29, 0.717) is 46.9 Å². The Bertz CT molecular complexity index is 1230. The van der Waals surface area contributed by atoms with Crippen LogP contribution in [0.3, 0.4) is 0 Å². The van der Waals surface area contributed by atoms with E-state index < -0.39 is 23.6 Å². The number of carbonyl (C=O) groups is 2.